The maximum Gasteiger partial charge on any atom is 0.303 e. The molecule has 1 spiro atoms. The topological polar surface area (TPSA) is 144 Å². The van der Waals surface area contributed by atoms with E-state index in [0.717, 1.165) is 0 Å². The second-order valence-electron chi connectivity index (χ2n) is 9.31. The summed E-state index contributed by atoms with van der Waals surface area (Å²) in [7, 11) is 1.42. The van der Waals surface area contributed by atoms with Gasteiger partial charge in [-0.3, -0.25) is 14.4 Å². The summed E-state index contributed by atoms with van der Waals surface area (Å²) in [4.78, 5) is 35.7. The first kappa shape index (κ1) is 26.2. The van der Waals surface area contributed by atoms with E-state index in [-0.39, 0.29) is 19.8 Å². The fourth-order valence-electron chi connectivity index (χ4n) is 5.02. The van der Waals surface area contributed by atoms with Gasteiger partial charge in [0.05, 0.1) is 6.10 Å². The molecule has 198 valence electrons. The second kappa shape index (κ2) is 9.88. The highest BCUT2D eigenvalue weighted by molar-refractivity contribution is 5.67. The van der Waals surface area contributed by atoms with Crippen molar-refractivity contribution in [2.24, 2.45) is 0 Å². The van der Waals surface area contributed by atoms with Gasteiger partial charge in [0.25, 0.3) is 0 Å². The number of rotatable bonds is 7. The van der Waals surface area contributed by atoms with E-state index in [9.17, 15) is 14.4 Å². The van der Waals surface area contributed by atoms with Gasteiger partial charge < -0.3 is 47.4 Å². The lowest BCUT2D eigenvalue weighted by Crippen LogP contribution is -2.65. The fraction of sp³-hybridized carbons (Fsp3) is 0.864. The van der Waals surface area contributed by atoms with Crippen molar-refractivity contribution in [3.8, 4) is 0 Å². The number of carbonyl (C=O) groups excluding carboxylic acids is 3. The molecule has 13 nitrogen and oxygen atoms in total. The standard InChI is InChI=1S/C22H32O13/c1-10(23)27-8-14-17(28-9-26-6)19(30-12(3)25)22(32-14)15(29-11(2)24)7-13-16(34-22)18-20(31-13)35-21(4,5)33-18/h13-20H,7-9H2,1-6H3/t13-,14-,15-,16+,17-,18-,19+,20-,22?/m1/s1. The van der Waals surface area contributed by atoms with Crippen LogP contribution in [-0.2, 0) is 61.8 Å². The number of ether oxygens (including phenoxy) is 10. The first-order chi connectivity index (χ1) is 16.5. The smallest absolute Gasteiger partial charge is 0.303 e. The highest BCUT2D eigenvalue weighted by Gasteiger charge is 2.71. The molecular weight excluding hydrogens is 472 g/mol. The quantitative estimate of drug-likeness (QED) is 0.264. The minimum Gasteiger partial charge on any atom is -0.463 e. The average molecular weight is 504 g/mol. The van der Waals surface area contributed by atoms with Crippen LogP contribution in [-0.4, -0.2) is 99.0 Å². The Hall–Kier alpha value is -1.87. The minimum atomic E-state index is -1.81. The maximum absolute atomic E-state index is 12.2. The molecule has 0 radical (unpaired) electrons. The average Bonchev–Trinajstić information content (AvgIpc) is 3.31. The van der Waals surface area contributed by atoms with E-state index in [1.165, 1.54) is 27.9 Å². The normalized spacial score (nSPS) is 41.3. The van der Waals surface area contributed by atoms with E-state index >= 15 is 0 Å². The zero-order valence-electron chi connectivity index (χ0n) is 20.5. The van der Waals surface area contributed by atoms with Crippen molar-refractivity contribution in [3.63, 3.8) is 0 Å². The van der Waals surface area contributed by atoms with Gasteiger partial charge in [0.1, 0.15) is 37.8 Å². The van der Waals surface area contributed by atoms with E-state index in [0.29, 0.717) is 0 Å². The Bertz CT molecular complexity index is 830. The number of hydrogen-bond acceptors (Lipinski definition) is 13. The van der Waals surface area contributed by atoms with Crippen LogP contribution in [0.1, 0.15) is 41.0 Å². The predicted molar refractivity (Wildman–Crippen MR) is 110 cm³/mol. The summed E-state index contributed by atoms with van der Waals surface area (Å²) in [5, 5.41) is 0. The van der Waals surface area contributed by atoms with E-state index in [2.05, 4.69) is 0 Å². The first-order valence-electron chi connectivity index (χ1n) is 11.4. The molecular formula is C22H32O13. The van der Waals surface area contributed by atoms with Gasteiger partial charge in [-0.1, -0.05) is 0 Å². The molecule has 4 aliphatic heterocycles. The summed E-state index contributed by atoms with van der Waals surface area (Å²) in [6, 6.07) is 0. The van der Waals surface area contributed by atoms with Gasteiger partial charge in [0.15, 0.2) is 24.3 Å². The number of carbonyl (C=O) groups is 3. The molecule has 0 aliphatic carbocycles. The lowest BCUT2D eigenvalue weighted by molar-refractivity contribution is -0.359. The summed E-state index contributed by atoms with van der Waals surface area (Å²) in [6.45, 7) is 6.80. The van der Waals surface area contributed by atoms with Gasteiger partial charge in [-0.25, -0.2) is 0 Å². The molecule has 0 aromatic rings. The molecule has 9 atom stereocenters. The third-order valence-corrected chi connectivity index (χ3v) is 6.13. The molecule has 0 aromatic heterocycles. The Labute approximate surface area is 202 Å². The predicted octanol–water partition coefficient (Wildman–Crippen LogP) is 0.162. The summed E-state index contributed by atoms with van der Waals surface area (Å²) in [5.74, 6) is -4.51. The molecule has 0 aromatic carbocycles. The molecule has 4 fully saturated rings. The largest absolute Gasteiger partial charge is 0.463 e. The third kappa shape index (κ3) is 5.17. The number of esters is 3. The van der Waals surface area contributed by atoms with Crippen molar-refractivity contribution in [2.75, 3.05) is 20.5 Å². The number of fused-ring (bicyclic) bond motifs is 3. The third-order valence-electron chi connectivity index (χ3n) is 6.13. The second-order valence-corrected chi connectivity index (χ2v) is 9.31. The molecule has 4 heterocycles. The molecule has 35 heavy (non-hydrogen) atoms. The van der Waals surface area contributed by atoms with Crippen LogP contribution in [0.5, 0.6) is 0 Å². The molecule has 0 saturated carbocycles. The SMILES string of the molecule is COCO[C@@H]1[C@@H](COC(C)=O)OC2(O[C@@H]3[C@H]4OC(C)(C)O[C@H]4O[C@@H]3C[C@H]2OC(C)=O)[C@H]1OC(C)=O. The summed E-state index contributed by atoms with van der Waals surface area (Å²) < 4.78 is 57.9. The molecule has 4 rings (SSSR count). The molecule has 0 N–H and O–H groups in total. The summed E-state index contributed by atoms with van der Waals surface area (Å²) in [5.41, 5.74) is 0. The Kier molecular flexibility index (Phi) is 7.40. The molecule has 1 unspecified atom stereocenters. The summed E-state index contributed by atoms with van der Waals surface area (Å²) in [6.07, 6.45) is -6.64. The van der Waals surface area contributed by atoms with Crippen molar-refractivity contribution >= 4 is 17.9 Å². The Morgan fingerprint density at radius 2 is 1.63 bits per heavy atom. The van der Waals surface area contributed by atoms with Crippen molar-refractivity contribution in [2.45, 2.75) is 102 Å². The number of methoxy groups -OCH3 is 1. The van der Waals surface area contributed by atoms with Gasteiger partial charge in [0.2, 0.25) is 5.79 Å². The highest BCUT2D eigenvalue weighted by Crippen LogP contribution is 2.51. The van der Waals surface area contributed by atoms with E-state index < -0.39 is 78.5 Å². The van der Waals surface area contributed by atoms with Crippen LogP contribution in [0.25, 0.3) is 0 Å². The van der Waals surface area contributed by atoms with Crippen molar-refractivity contribution < 1.29 is 61.8 Å². The van der Waals surface area contributed by atoms with E-state index in [1.807, 2.05) is 0 Å². The van der Waals surface area contributed by atoms with E-state index in [4.69, 9.17) is 47.4 Å². The molecule has 13 heteroatoms. The fourth-order valence-corrected chi connectivity index (χ4v) is 5.02. The summed E-state index contributed by atoms with van der Waals surface area (Å²) >= 11 is 0. The number of hydrogen-bond donors (Lipinski definition) is 0. The monoisotopic (exact) mass is 504 g/mol. The Morgan fingerprint density at radius 3 is 2.26 bits per heavy atom. The van der Waals surface area contributed by atoms with Crippen LogP contribution in [0.4, 0.5) is 0 Å². The van der Waals surface area contributed by atoms with Gasteiger partial charge in [-0.2, -0.15) is 0 Å². The van der Waals surface area contributed by atoms with Crippen LogP contribution in [0.2, 0.25) is 0 Å². The molecule has 0 bridgehead atoms. The van der Waals surface area contributed by atoms with Gasteiger partial charge in [-0.15, -0.1) is 0 Å². The van der Waals surface area contributed by atoms with Gasteiger partial charge >= 0.3 is 17.9 Å². The lowest BCUT2D eigenvalue weighted by Gasteiger charge is -2.46. The van der Waals surface area contributed by atoms with Gasteiger partial charge in [-0.05, 0) is 13.8 Å². The van der Waals surface area contributed by atoms with Gasteiger partial charge in [0, 0.05) is 34.3 Å². The van der Waals surface area contributed by atoms with Crippen molar-refractivity contribution in [3.05, 3.63) is 0 Å². The zero-order valence-corrected chi connectivity index (χ0v) is 20.5. The lowest BCUT2D eigenvalue weighted by atomic mass is 9.89. The van der Waals surface area contributed by atoms with Crippen LogP contribution in [0.3, 0.4) is 0 Å². The maximum atomic E-state index is 12.2. The van der Waals surface area contributed by atoms with E-state index in [1.54, 1.807) is 13.8 Å². The van der Waals surface area contributed by atoms with Crippen LogP contribution in [0.15, 0.2) is 0 Å². The van der Waals surface area contributed by atoms with Crippen LogP contribution >= 0.6 is 0 Å². The van der Waals surface area contributed by atoms with Crippen molar-refractivity contribution in [1.82, 2.24) is 0 Å². The first-order valence-corrected chi connectivity index (χ1v) is 11.4. The minimum absolute atomic E-state index is 0.138. The molecule has 4 aliphatic rings. The molecule has 4 saturated heterocycles. The zero-order chi connectivity index (χ0) is 25.5. The van der Waals surface area contributed by atoms with Crippen molar-refractivity contribution in [1.29, 1.82) is 0 Å². The van der Waals surface area contributed by atoms with Crippen LogP contribution in [0, 0.1) is 0 Å². The van der Waals surface area contributed by atoms with Crippen LogP contribution < -0.4 is 0 Å². The Morgan fingerprint density at radius 1 is 0.914 bits per heavy atom. The molecule has 0 amide bonds. The highest BCUT2D eigenvalue weighted by atomic mass is 16.9. The Balaban J connectivity index is 1.71.